The second-order valence-corrected chi connectivity index (χ2v) is 4.59. The molecular formula is C17H14O3. The number of fused-ring (bicyclic) bond motifs is 3. The smallest absolute Gasteiger partial charge is 0.335 e. The molecule has 0 fully saturated rings. The molecule has 0 heterocycles. The summed E-state index contributed by atoms with van der Waals surface area (Å²) in [6.07, 6.45) is 0. The van der Waals surface area contributed by atoms with Crippen LogP contribution in [0.1, 0.15) is 17.3 Å². The molecule has 0 radical (unpaired) electrons. The Morgan fingerprint density at radius 1 is 1.05 bits per heavy atom. The van der Waals surface area contributed by atoms with Crippen molar-refractivity contribution in [2.75, 3.05) is 6.61 Å². The van der Waals surface area contributed by atoms with Gasteiger partial charge in [-0.2, -0.15) is 0 Å². The van der Waals surface area contributed by atoms with Crippen LogP contribution < -0.4 is 4.74 Å². The lowest BCUT2D eigenvalue weighted by Crippen LogP contribution is -1.96. The number of ether oxygens (including phenoxy) is 1. The van der Waals surface area contributed by atoms with Gasteiger partial charge in [0.1, 0.15) is 5.75 Å². The molecular weight excluding hydrogens is 252 g/mol. The summed E-state index contributed by atoms with van der Waals surface area (Å²) in [5, 5.41) is 13.1. The molecule has 0 bridgehead atoms. The summed E-state index contributed by atoms with van der Waals surface area (Å²) in [7, 11) is 0. The van der Waals surface area contributed by atoms with Crippen LogP contribution in [0.5, 0.6) is 5.75 Å². The Hall–Kier alpha value is -2.55. The molecule has 0 saturated carbocycles. The zero-order valence-electron chi connectivity index (χ0n) is 11.1. The normalized spacial score (nSPS) is 10.8. The molecule has 0 aliphatic heterocycles. The van der Waals surface area contributed by atoms with Gasteiger partial charge in [-0.05, 0) is 41.3 Å². The number of hydrogen-bond donors (Lipinski definition) is 1. The van der Waals surface area contributed by atoms with E-state index >= 15 is 0 Å². The van der Waals surface area contributed by atoms with Gasteiger partial charge in [0.05, 0.1) is 12.2 Å². The van der Waals surface area contributed by atoms with Gasteiger partial charge in [-0.25, -0.2) is 4.79 Å². The summed E-state index contributed by atoms with van der Waals surface area (Å²) >= 11 is 0. The maximum Gasteiger partial charge on any atom is 0.335 e. The molecule has 3 rings (SSSR count). The van der Waals surface area contributed by atoms with Crippen molar-refractivity contribution in [1.82, 2.24) is 0 Å². The van der Waals surface area contributed by atoms with Crippen molar-refractivity contribution in [3.05, 3.63) is 54.1 Å². The minimum absolute atomic E-state index is 0.298. The minimum atomic E-state index is -0.912. The number of aromatic carboxylic acids is 1. The molecule has 0 aliphatic carbocycles. The predicted octanol–water partition coefficient (Wildman–Crippen LogP) is 4.09. The average Bonchev–Trinajstić information content (AvgIpc) is 2.47. The summed E-state index contributed by atoms with van der Waals surface area (Å²) in [4.78, 5) is 11.1. The van der Waals surface area contributed by atoms with Crippen LogP contribution in [0.2, 0.25) is 0 Å². The van der Waals surface area contributed by atoms with Crippen molar-refractivity contribution in [2.24, 2.45) is 0 Å². The second-order valence-electron chi connectivity index (χ2n) is 4.59. The fraction of sp³-hybridized carbons (Fsp3) is 0.118. The van der Waals surface area contributed by atoms with E-state index < -0.39 is 5.97 Å². The van der Waals surface area contributed by atoms with Crippen LogP contribution in [0.25, 0.3) is 21.5 Å². The fourth-order valence-corrected chi connectivity index (χ4v) is 2.47. The highest BCUT2D eigenvalue weighted by Gasteiger charge is 2.08. The van der Waals surface area contributed by atoms with Gasteiger partial charge in [0.15, 0.2) is 0 Å². The molecule has 0 aliphatic rings. The van der Waals surface area contributed by atoms with Crippen LogP contribution in [-0.2, 0) is 0 Å². The first kappa shape index (κ1) is 12.5. The Kier molecular flexibility index (Phi) is 3.03. The Labute approximate surface area is 116 Å². The molecule has 0 amide bonds. The van der Waals surface area contributed by atoms with Crippen molar-refractivity contribution in [3.8, 4) is 5.75 Å². The summed E-state index contributed by atoms with van der Waals surface area (Å²) < 4.78 is 5.63. The summed E-state index contributed by atoms with van der Waals surface area (Å²) in [5.74, 6) is -0.0857. The van der Waals surface area contributed by atoms with E-state index in [0.717, 1.165) is 27.3 Å². The maximum absolute atomic E-state index is 11.1. The molecule has 0 atom stereocenters. The van der Waals surface area contributed by atoms with Gasteiger partial charge in [-0.15, -0.1) is 0 Å². The average molecular weight is 266 g/mol. The number of carbonyl (C=O) groups is 1. The van der Waals surface area contributed by atoms with E-state index in [1.54, 1.807) is 12.1 Å². The van der Waals surface area contributed by atoms with Crippen molar-refractivity contribution in [1.29, 1.82) is 0 Å². The van der Waals surface area contributed by atoms with Crippen LogP contribution in [-0.4, -0.2) is 17.7 Å². The molecule has 20 heavy (non-hydrogen) atoms. The van der Waals surface area contributed by atoms with Crippen molar-refractivity contribution in [2.45, 2.75) is 6.92 Å². The van der Waals surface area contributed by atoms with Crippen molar-refractivity contribution in [3.63, 3.8) is 0 Å². The first-order valence-corrected chi connectivity index (χ1v) is 6.52. The molecule has 0 unspecified atom stereocenters. The van der Waals surface area contributed by atoms with E-state index in [4.69, 9.17) is 9.84 Å². The van der Waals surface area contributed by atoms with Crippen LogP contribution in [0.3, 0.4) is 0 Å². The highest BCUT2D eigenvalue weighted by atomic mass is 16.5. The second kappa shape index (κ2) is 4.85. The molecule has 3 nitrogen and oxygen atoms in total. The standard InChI is InChI=1S/C17H14O3/c1-2-20-16-5-3-4-13-14(16)9-8-11-6-7-12(17(18)19)10-15(11)13/h3-10H,2H2,1H3,(H,18,19). The van der Waals surface area contributed by atoms with Gasteiger partial charge in [0, 0.05) is 5.39 Å². The molecule has 0 saturated heterocycles. The number of carboxylic acid groups (broad SMARTS) is 1. The van der Waals surface area contributed by atoms with Gasteiger partial charge in [0.25, 0.3) is 0 Å². The molecule has 1 N–H and O–H groups in total. The van der Waals surface area contributed by atoms with E-state index in [2.05, 4.69) is 0 Å². The number of benzene rings is 3. The molecule has 0 aromatic heterocycles. The van der Waals surface area contributed by atoms with Crippen LogP contribution in [0.4, 0.5) is 0 Å². The zero-order valence-corrected chi connectivity index (χ0v) is 11.1. The third-order valence-corrected chi connectivity index (χ3v) is 3.39. The van der Waals surface area contributed by atoms with Gasteiger partial charge in [0.2, 0.25) is 0 Å². The Balaban J connectivity index is 2.36. The van der Waals surface area contributed by atoms with Crippen LogP contribution in [0, 0.1) is 0 Å². The summed E-state index contributed by atoms with van der Waals surface area (Å²) in [6.45, 7) is 2.55. The first-order chi connectivity index (χ1) is 9.70. The summed E-state index contributed by atoms with van der Waals surface area (Å²) in [5.41, 5.74) is 0.298. The molecule has 3 aromatic rings. The third-order valence-electron chi connectivity index (χ3n) is 3.39. The Morgan fingerprint density at radius 2 is 1.85 bits per heavy atom. The first-order valence-electron chi connectivity index (χ1n) is 6.52. The lowest BCUT2D eigenvalue weighted by Gasteiger charge is -2.10. The van der Waals surface area contributed by atoms with Gasteiger partial charge >= 0.3 is 5.97 Å². The number of hydrogen-bond acceptors (Lipinski definition) is 2. The SMILES string of the molecule is CCOc1cccc2c1ccc1ccc(C(=O)O)cc12. The van der Waals surface area contributed by atoms with Crippen LogP contribution >= 0.6 is 0 Å². The van der Waals surface area contributed by atoms with E-state index in [1.807, 2.05) is 43.3 Å². The monoisotopic (exact) mass is 266 g/mol. The third kappa shape index (κ3) is 1.97. The Bertz CT molecular complexity index is 806. The molecule has 100 valence electrons. The fourth-order valence-electron chi connectivity index (χ4n) is 2.47. The largest absolute Gasteiger partial charge is 0.493 e. The Morgan fingerprint density at radius 3 is 2.60 bits per heavy atom. The molecule has 0 spiro atoms. The topological polar surface area (TPSA) is 46.5 Å². The maximum atomic E-state index is 11.1. The van der Waals surface area contributed by atoms with Gasteiger partial charge in [-0.1, -0.05) is 30.3 Å². The lowest BCUT2D eigenvalue weighted by atomic mass is 9.99. The minimum Gasteiger partial charge on any atom is -0.493 e. The van der Waals surface area contributed by atoms with E-state index in [1.165, 1.54) is 0 Å². The quantitative estimate of drug-likeness (QED) is 0.726. The van der Waals surface area contributed by atoms with E-state index in [-0.39, 0.29) is 0 Å². The van der Waals surface area contributed by atoms with Crippen LogP contribution in [0.15, 0.2) is 48.5 Å². The lowest BCUT2D eigenvalue weighted by molar-refractivity contribution is 0.0697. The van der Waals surface area contributed by atoms with Crippen molar-refractivity contribution < 1.29 is 14.6 Å². The highest BCUT2D eigenvalue weighted by Crippen LogP contribution is 2.32. The number of rotatable bonds is 3. The molecule has 3 heteroatoms. The van der Waals surface area contributed by atoms with E-state index in [9.17, 15) is 4.79 Å². The van der Waals surface area contributed by atoms with E-state index in [0.29, 0.717) is 12.2 Å². The summed E-state index contributed by atoms with van der Waals surface area (Å²) in [6, 6.07) is 15.0. The van der Waals surface area contributed by atoms with Gasteiger partial charge < -0.3 is 9.84 Å². The van der Waals surface area contributed by atoms with Crippen molar-refractivity contribution >= 4 is 27.5 Å². The highest BCUT2D eigenvalue weighted by molar-refractivity contribution is 6.11. The predicted molar refractivity (Wildman–Crippen MR) is 79.6 cm³/mol. The number of carboxylic acids is 1. The zero-order chi connectivity index (χ0) is 14.1. The van der Waals surface area contributed by atoms with Gasteiger partial charge in [-0.3, -0.25) is 0 Å². The molecule has 3 aromatic carbocycles.